The van der Waals surface area contributed by atoms with Crippen LogP contribution in [-0.2, 0) is 16.0 Å². The normalized spacial score (nSPS) is 10.4. The molecule has 0 aromatic heterocycles. The highest BCUT2D eigenvalue weighted by molar-refractivity contribution is 5.69. The Balaban J connectivity index is 1.95. The van der Waals surface area contributed by atoms with Gasteiger partial charge in [-0.2, -0.15) is 0 Å². The predicted octanol–water partition coefficient (Wildman–Crippen LogP) is 4.91. The van der Waals surface area contributed by atoms with Gasteiger partial charge in [0.15, 0.2) is 23.1 Å². The van der Waals surface area contributed by atoms with E-state index in [1.807, 2.05) is 19.1 Å². The van der Waals surface area contributed by atoms with Crippen LogP contribution in [0.15, 0.2) is 36.4 Å². The number of hydrogen-bond acceptors (Lipinski definition) is 5. The molecule has 2 rings (SSSR count). The molecule has 6 heteroatoms. The van der Waals surface area contributed by atoms with Crippen LogP contribution in [0.4, 0.5) is 4.39 Å². The molecule has 0 radical (unpaired) electrons. The van der Waals surface area contributed by atoms with Gasteiger partial charge in [0, 0.05) is 12.5 Å². The molecule has 0 amide bonds. The van der Waals surface area contributed by atoms with Gasteiger partial charge in [0.05, 0.1) is 20.3 Å². The summed E-state index contributed by atoms with van der Waals surface area (Å²) in [4.78, 5) is 11.3. The largest absolute Gasteiger partial charge is 0.493 e. The van der Waals surface area contributed by atoms with Crippen molar-refractivity contribution in [3.63, 3.8) is 0 Å². The highest BCUT2D eigenvalue weighted by Gasteiger charge is 2.11. The molecule has 0 heterocycles. The fraction of sp³-hybridized carbons (Fsp3) is 0.381. The molecule has 0 saturated carbocycles. The third-order valence-electron chi connectivity index (χ3n) is 3.86. The van der Waals surface area contributed by atoms with Gasteiger partial charge < -0.3 is 18.9 Å². The Morgan fingerprint density at radius 1 is 1.04 bits per heavy atom. The molecule has 0 saturated heterocycles. The Hall–Kier alpha value is -2.76. The number of benzene rings is 2. The average molecular weight is 376 g/mol. The van der Waals surface area contributed by atoms with Gasteiger partial charge in [-0.3, -0.25) is 4.79 Å². The number of carbonyl (C=O) groups excluding carboxylic acids is 1. The molecule has 0 aliphatic carbocycles. The lowest BCUT2D eigenvalue weighted by atomic mass is 10.1. The summed E-state index contributed by atoms with van der Waals surface area (Å²) in [5.41, 5.74) is 1.10. The minimum Gasteiger partial charge on any atom is -0.493 e. The van der Waals surface area contributed by atoms with Crippen LogP contribution in [0.25, 0.3) is 0 Å². The van der Waals surface area contributed by atoms with Crippen molar-refractivity contribution in [2.75, 3.05) is 20.3 Å². The quantitative estimate of drug-likeness (QED) is 0.436. The van der Waals surface area contributed by atoms with E-state index in [0.717, 1.165) is 12.0 Å². The van der Waals surface area contributed by atoms with Crippen molar-refractivity contribution in [3.8, 4) is 23.0 Å². The number of methoxy groups -OCH3 is 1. The molecule has 2 aromatic carbocycles. The zero-order valence-corrected chi connectivity index (χ0v) is 15.9. The van der Waals surface area contributed by atoms with Crippen LogP contribution in [-0.4, -0.2) is 26.3 Å². The molecule has 0 unspecified atom stereocenters. The lowest BCUT2D eigenvalue weighted by molar-refractivity contribution is -0.143. The van der Waals surface area contributed by atoms with Gasteiger partial charge in [0.2, 0.25) is 0 Å². The molecule has 0 N–H and O–H groups in total. The van der Waals surface area contributed by atoms with Crippen molar-refractivity contribution in [1.29, 1.82) is 0 Å². The van der Waals surface area contributed by atoms with E-state index in [-0.39, 0.29) is 18.1 Å². The van der Waals surface area contributed by atoms with E-state index in [2.05, 4.69) is 0 Å². The summed E-state index contributed by atoms with van der Waals surface area (Å²) >= 11 is 0. The monoisotopic (exact) mass is 376 g/mol. The highest BCUT2D eigenvalue weighted by atomic mass is 19.1. The van der Waals surface area contributed by atoms with E-state index >= 15 is 0 Å². The molecule has 0 atom stereocenters. The minimum absolute atomic E-state index is 0.0800. The summed E-state index contributed by atoms with van der Waals surface area (Å²) in [7, 11) is 1.55. The van der Waals surface area contributed by atoms with Crippen molar-refractivity contribution in [3.05, 3.63) is 47.8 Å². The van der Waals surface area contributed by atoms with Crippen molar-refractivity contribution >= 4 is 5.97 Å². The van der Waals surface area contributed by atoms with Crippen LogP contribution >= 0.6 is 0 Å². The molecule has 146 valence electrons. The first-order valence-corrected chi connectivity index (χ1v) is 9.00. The zero-order chi connectivity index (χ0) is 19.6. The number of aryl methyl sites for hydroxylation is 1. The van der Waals surface area contributed by atoms with Crippen LogP contribution in [0, 0.1) is 5.82 Å². The summed E-state index contributed by atoms with van der Waals surface area (Å²) in [6, 6.07) is 9.92. The van der Waals surface area contributed by atoms with Crippen LogP contribution in [0.2, 0.25) is 0 Å². The van der Waals surface area contributed by atoms with Crippen LogP contribution in [0.5, 0.6) is 23.0 Å². The molecule has 0 fully saturated rings. The fourth-order valence-corrected chi connectivity index (χ4v) is 2.43. The summed E-state index contributed by atoms with van der Waals surface area (Å²) in [5.74, 6) is 0.636. The number of halogens is 1. The van der Waals surface area contributed by atoms with Gasteiger partial charge in [-0.25, -0.2) is 4.39 Å². The van der Waals surface area contributed by atoms with Gasteiger partial charge in [-0.1, -0.05) is 13.0 Å². The topological polar surface area (TPSA) is 54.0 Å². The molecular formula is C21H25FO5. The standard InChI is InChI=1S/C21H25FO5/c1-4-15-8-10-19(20(13-15)24-3)27-18-11-9-16(14-17(18)22)26-12-6-7-21(23)25-5-2/h8-11,13-14H,4-7,12H2,1-3H3. The highest BCUT2D eigenvalue weighted by Crippen LogP contribution is 2.34. The molecule has 0 aliphatic heterocycles. The molecule has 0 bridgehead atoms. The third-order valence-corrected chi connectivity index (χ3v) is 3.86. The summed E-state index contributed by atoms with van der Waals surface area (Å²) < 4.78 is 35.6. The molecule has 2 aromatic rings. The van der Waals surface area contributed by atoms with Gasteiger partial charge in [0.25, 0.3) is 0 Å². The molecule has 0 spiro atoms. The van der Waals surface area contributed by atoms with Gasteiger partial charge in [0.1, 0.15) is 5.75 Å². The molecule has 5 nitrogen and oxygen atoms in total. The molecule has 27 heavy (non-hydrogen) atoms. The maximum atomic E-state index is 14.3. The van der Waals surface area contributed by atoms with Crippen molar-refractivity contribution in [2.24, 2.45) is 0 Å². The average Bonchev–Trinajstić information content (AvgIpc) is 2.67. The Morgan fingerprint density at radius 2 is 1.81 bits per heavy atom. The first kappa shape index (κ1) is 20.6. The summed E-state index contributed by atoms with van der Waals surface area (Å²) in [5, 5.41) is 0. The smallest absolute Gasteiger partial charge is 0.305 e. The van der Waals surface area contributed by atoms with Crippen molar-refractivity contribution in [1.82, 2.24) is 0 Å². The molecular weight excluding hydrogens is 351 g/mol. The maximum absolute atomic E-state index is 14.3. The zero-order valence-electron chi connectivity index (χ0n) is 15.9. The van der Waals surface area contributed by atoms with Crippen molar-refractivity contribution < 1.29 is 28.1 Å². The van der Waals surface area contributed by atoms with E-state index in [1.54, 1.807) is 26.2 Å². The number of hydrogen-bond donors (Lipinski definition) is 0. The van der Waals surface area contributed by atoms with E-state index in [1.165, 1.54) is 12.1 Å². The second-order valence-corrected chi connectivity index (χ2v) is 5.79. The molecule has 0 aliphatic rings. The Morgan fingerprint density at radius 3 is 2.48 bits per heavy atom. The number of esters is 1. The van der Waals surface area contributed by atoms with E-state index in [4.69, 9.17) is 18.9 Å². The summed E-state index contributed by atoms with van der Waals surface area (Å²) in [6.45, 7) is 4.46. The van der Waals surface area contributed by atoms with Crippen LogP contribution in [0.1, 0.15) is 32.3 Å². The van der Waals surface area contributed by atoms with Gasteiger partial charge in [-0.15, -0.1) is 0 Å². The number of ether oxygens (including phenoxy) is 4. The number of carbonyl (C=O) groups is 1. The lowest BCUT2D eigenvalue weighted by Crippen LogP contribution is -2.06. The third kappa shape index (κ3) is 6.16. The Kier molecular flexibility index (Phi) is 7.92. The maximum Gasteiger partial charge on any atom is 0.305 e. The van der Waals surface area contributed by atoms with E-state index < -0.39 is 5.82 Å². The van der Waals surface area contributed by atoms with E-state index in [0.29, 0.717) is 36.9 Å². The minimum atomic E-state index is -0.542. The second-order valence-electron chi connectivity index (χ2n) is 5.79. The van der Waals surface area contributed by atoms with Crippen molar-refractivity contribution in [2.45, 2.75) is 33.1 Å². The Bertz CT molecular complexity index is 760. The lowest BCUT2D eigenvalue weighted by Gasteiger charge is -2.13. The second kappa shape index (κ2) is 10.4. The Labute approximate surface area is 159 Å². The van der Waals surface area contributed by atoms with Crippen LogP contribution in [0.3, 0.4) is 0 Å². The predicted molar refractivity (Wildman–Crippen MR) is 100 cm³/mol. The first-order chi connectivity index (χ1) is 13.1. The number of rotatable bonds is 10. The fourth-order valence-electron chi connectivity index (χ4n) is 2.43. The van der Waals surface area contributed by atoms with Gasteiger partial charge in [-0.05, 0) is 49.6 Å². The SMILES string of the molecule is CCOC(=O)CCCOc1ccc(Oc2ccc(CC)cc2OC)c(F)c1. The van der Waals surface area contributed by atoms with Crippen LogP contribution < -0.4 is 14.2 Å². The summed E-state index contributed by atoms with van der Waals surface area (Å²) in [6.07, 6.45) is 1.64. The van der Waals surface area contributed by atoms with E-state index in [9.17, 15) is 9.18 Å². The first-order valence-electron chi connectivity index (χ1n) is 9.00. The van der Waals surface area contributed by atoms with Gasteiger partial charge >= 0.3 is 5.97 Å².